The van der Waals surface area contributed by atoms with Gasteiger partial charge < -0.3 is 10.2 Å². The van der Waals surface area contributed by atoms with Crippen LogP contribution in [0.15, 0.2) is 53.0 Å². The predicted octanol–water partition coefficient (Wildman–Crippen LogP) is 6.18. The molecule has 1 atom stereocenters. The molecule has 2 heterocycles. The van der Waals surface area contributed by atoms with Crippen LogP contribution in [0.5, 0.6) is 0 Å². The molecule has 2 saturated heterocycles. The van der Waals surface area contributed by atoms with Crippen molar-refractivity contribution >= 4 is 39.2 Å². The highest BCUT2D eigenvalue weighted by atomic mass is 79.9. The smallest absolute Gasteiger partial charge is 0.321 e. The van der Waals surface area contributed by atoms with Gasteiger partial charge in [-0.1, -0.05) is 39.7 Å². The first-order valence-corrected chi connectivity index (χ1v) is 11.4. The van der Waals surface area contributed by atoms with Gasteiger partial charge in [0.2, 0.25) is 0 Å². The highest BCUT2D eigenvalue weighted by Gasteiger charge is 2.54. The minimum atomic E-state index is -0.00902. The number of hydrogen-bond donors (Lipinski definition) is 1. The van der Waals surface area contributed by atoms with Crippen molar-refractivity contribution < 1.29 is 4.79 Å². The summed E-state index contributed by atoms with van der Waals surface area (Å²) in [7, 11) is 0. The fraction of sp³-hybridized carbons (Fsp3) is 0.435. The summed E-state index contributed by atoms with van der Waals surface area (Å²) >= 11 is 9.54. The second kappa shape index (κ2) is 8.29. The topological polar surface area (TPSA) is 35.6 Å². The molecule has 2 aliphatic heterocycles. The van der Waals surface area contributed by atoms with Gasteiger partial charge in [-0.3, -0.25) is 4.90 Å². The Bertz CT molecular complexity index is 861. The summed E-state index contributed by atoms with van der Waals surface area (Å²) in [6.07, 6.45) is 2.05. The van der Waals surface area contributed by atoms with Crippen LogP contribution in [0.4, 0.5) is 10.5 Å². The maximum atomic E-state index is 12.7. The van der Waals surface area contributed by atoms with Crippen molar-refractivity contribution in [3.05, 3.63) is 63.6 Å². The quantitative estimate of drug-likeness (QED) is 0.574. The molecule has 2 aromatic carbocycles. The van der Waals surface area contributed by atoms with E-state index in [0.29, 0.717) is 12.1 Å². The molecule has 6 heteroatoms. The highest BCUT2D eigenvalue weighted by Crippen LogP contribution is 2.55. The van der Waals surface area contributed by atoms with E-state index in [9.17, 15) is 4.79 Å². The van der Waals surface area contributed by atoms with Crippen molar-refractivity contribution in [2.45, 2.75) is 38.8 Å². The van der Waals surface area contributed by atoms with Crippen LogP contribution in [0, 0.1) is 5.41 Å². The molecule has 2 aromatic rings. The zero-order chi connectivity index (χ0) is 20.6. The second-order valence-electron chi connectivity index (χ2n) is 8.51. The molecule has 0 saturated carbocycles. The fourth-order valence-electron chi connectivity index (χ4n) is 4.77. The molecule has 154 valence electrons. The first kappa shape index (κ1) is 20.7. The van der Waals surface area contributed by atoms with Gasteiger partial charge in [-0.25, -0.2) is 4.79 Å². The van der Waals surface area contributed by atoms with E-state index >= 15 is 0 Å². The molecular weight excluding hydrogens is 450 g/mol. The van der Waals surface area contributed by atoms with Crippen LogP contribution < -0.4 is 5.32 Å². The summed E-state index contributed by atoms with van der Waals surface area (Å²) in [6.45, 7) is 7.20. The number of carbonyl (C=O) groups excluding carboxylic acids is 1. The molecule has 0 bridgehead atoms. The van der Waals surface area contributed by atoms with E-state index in [1.165, 1.54) is 5.56 Å². The fourth-order valence-corrected chi connectivity index (χ4v) is 5.16. The van der Waals surface area contributed by atoms with E-state index in [1.807, 2.05) is 41.3 Å². The molecule has 1 N–H and O–H groups in total. The van der Waals surface area contributed by atoms with Gasteiger partial charge in [-0.05, 0) is 68.7 Å². The third-order valence-corrected chi connectivity index (χ3v) is 7.18. The number of halogens is 2. The van der Waals surface area contributed by atoms with Crippen molar-refractivity contribution in [1.82, 2.24) is 9.80 Å². The minimum Gasteiger partial charge on any atom is -0.324 e. The molecule has 4 nitrogen and oxygen atoms in total. The minimum absolute atomic E-state index is 0.00902. The zero-order valence-electron chi connectivity index (χ0n) is 16.9. The summed E-state index contributed by atoms with van der Waals surface area (Å²) in [4.78, 5) is 17.2. The van der Waals surface area contributed by atoms with Gasteiger partial charge in [0.15, 0.2) is 0 Å². The van der Waals surface area contributed by atoms with Gasteiger partial charge in [-0.2, -0.15) is 0 Å². The lowest BCUT2D eigenvalue weighted by Crippen LogP contribution is -2.64. The lowest BCUT2D eigenvalue weighted by Gasteiger charge is -2.62. The monoisotopic (exact) mass is 475 g/mol. The molecular formula is C23H27BrClN3O. The summed E-state index contributed by atoms with van der Waals surface area (Å²) in [5.41, 5.74) is 2.40. The lowest BCUT2D eigenvalue weighted by atomic mass is 9.62. The Balaban J connectivity index is 1.43. The third kappa shape index (κ3) is 4.18. The second-order valence-corrected chi connectivity index (χ2v) is 9.86. The standard InChI is InChI=1S/C23H27BrClN3O/c1-16(2)28-15-23(21(28)17-3-7-19(25)8-4-17)11-13-27(14-12-23)22(29)26-20-9-5-18(24)6-10-20/h3-10,16,21H,11-15H2,1-2H3,(H,26,29). The van der Waals surface area contributed by atoms with Crippen molar-refractivity contribution in [2.75, 3.05) is 25.0 Å². The summed E-state index contributed by atoms with van der Waals surface area (Å²) < 4.78 is 1.00. The zero-order valence-corrected chi connectivity index (χ0v) is 19.2. The molecule has 1 unspecified atom stereocenters. The molecule has 0 aromatic heterocycles. The summed E-state index contributed by atoms with van der Waals surface area (Å²) in [6, 6.07) is 16.9. The van der Waals surface area contributed by atoms with E-state index < -0.39 is 0 Å². The Morgan fingerprint density at radius 2 is 1.72 bits per heavy atom. The Hall–Kier alpha value is -1.56. The Morgan fingerprint density at radius 1 is 1.10 bits per heavy atom. The number of piperidine rings is 1. The average molecular weight is 477 g/mol. The summed E-state index contributed by atoms with van der Waals surface area (Å²) in [5, 5.41) is 3.80. The molecule has 4 rings (SSSR count). The van der Waals surface area contributed by atoms with Crippen molar-refractivity contribution in [3.8, 4) is 0 Å². The number of amides is 2. The number of hydrogen-bond acceptors (Lipinski definition) is 2. The number of rotatable bonds is 3. The predicted molar refractivity (Wildman–Crippen MR) is 122 cm³/mol. The van der Waals surface area contributed by atoms with Gasteiger partial charge in [0.25, 0.3) is 0 Å². The normalized spacial score (nSPS) is 21.3. The largest absolute Gasteiger partial charge is 0.324 e. The average Bonchev–Trinajstić information content (AvgIpc) is 2.70. The number of benzene rings is 2. The van der Waals surface area contributed by atoms with Gasteiger partial charge >= 0.3 is 6.03 Å². The third-order valence-electron chi connectivity index (χ3n) is 6.40. The van der Waals surface area contributed by atoms with Crippen LogP contribution >= 0.6 is 27.5 Å². The van der Waals surface area contributed by atoms with Crippen LogP contribution in [-0.4, -0.2) is 41.5 Å². The maximum Gasteiger partial charge on any atom is 0.321 e. The molecule has 2 aliphatic rings. The van der Waals surface area contributed by atoms with Crippen molar-refractivity contribution in [1.29, 1.82) is 0 Å². The maximum absolute atomic E-state index is 12.7. The van der Waals surface area contributed by atoms with Gasteiger partial charge in [-0.15, -0.1) is 0 Å². The molecule has 0 aliphatic carbocycles. The summed E-state index contributed by atoms with van der Waals surface area (Å²) in [5.74, 6) is 0. The van der Waals surface area contributed by atoms with Crippen LogP contribution in [0.3, 0.4) is 0 Å². The lowest BCUT2D eigenvalue weighted by molar-refractivity contribution is -0.123. The number of carbonyl (C=O) groups is 1. The van der Waals surface area contributed by atoms with Crippen LogP contribution in [0.2, 0.25) is 5.02 Å². The molecule has 2 amide bonds. The molecule has 1 spiro atoms. The molecule has 2 fully saturated rings. The molecule has 0 radical (unpaired) electrons. The number of urea groups is 1. The number of anilines is 1. The van der Waals surface area contributed by atoms with E-state index in [0.717, 1.165) is 47.7 Å². The van der Waals surface area contributed by atoms with E-state index in [2.05, 4.69) is 52.1 Å². The van der Waals surface area contributed by atoms with E-state index in [-0.39, 0.29) is 11.4 Å². The van der Waals surface area contributed by atoms with Gasteiger partial charge in [0, 0.05) is 52.3 Å². The molecule has 29 heavy (non-hydrogen) atoms. The van der Waals surface area contributed by atoms with Crippen molar-refractivity contribution in [3.63, 3.8) is 0 Å². The van der Waals surface area contributed by atoms with Crippen LogP contribution in [0.25, 0.3) is 0 Å². The number of likely N-dealkylation sites (tertiary alicyclic amines) is 2. The van der Waals surface area contributed by atoms with Gasteiger partial charge in [0.05, 0.1) is 0 Å². The number of nitrogens with zero attached hydrogens (tertiary/aromatic N) is 2. The van der Waals surface area contributed by atoms with Crippen LogP contribution in [0.1, 0.15) is 38.3 Å². The Kier molecular flexibility index (Phi) is 5.92. The van der Waals surface area contributed by atoms with Crippen molar-refractivity contribution in [2.24, 2.45) is 5.41 Å². The Morgan fingerprint density at radius 3 is 2.31 bits per heavy atom. The van der Waals surface area contributed by atoms with Crippen LogP contribution in [-0.2, 0) is 0 Å². The Labute approximate surface area is 186 Å². The highest BCUT2D eigenvalue weighted by molar-refractivity contribution is 9.10. The SMILES string of the molecule is CC(C)N1CC2(CCN(C(=O)Nc3ccc(Br)cc3)CC2)C1c1ccc(Cl)cc1. The first-order chi connectivity index (χ1) is 13.9. The number of nitrogens with one attached hydrogen (secondary N) is 1. The van der Waals surface area contributed by atoms with E-state index in [1.54, 1.807) is 0 Å². The van der Waals surface area contributed by atoms with Gasteiger partial charge in [0.1, 0.15) is 0 Å². The van der Waals surface area contributed by atoms with E-state index in [4.69, 9.17) is 11.6 Å². The first-order valence-electron chi connectivity index (χ1n) is 10.2.